The Kier molecular flexibility index (Phi) is 12.4. The molecule has 1 atom stereocenters. The molecule has 0 bridgehead atoms. The molecule has 1 unspecified atom stereocenters. The lowest BCUT2D eigenvalue weighted by Gasteiger charge is -2.27. The van der Waals surface area contributed by atoms with Crippen molar-refractivity contribution in [2.45, 2.75) is 98.3 Å². The maximum Gasteiger partial charge on any atom is 0.308 e. The van der Waals surface area contributed by atoms with Crippen LogP contribution in [0.15, 0.2) is 0 Å². The summed E-state index contributed by atoms with van der Waals surface area (Å²) in [6.07, 6.45) is 11.0. The van der Waals surface area contributed by atoms with Crippen LogP contribution in [0.3, 0.4) is 0 Å². The largest absolute Gasteiger partial charge is 0.465 e. The molecule has 0 heterocycles. The lowest BCUT2D eigenvalue weighted by molar-refractivity contribution is -0.156. The number of unbranched alkanes of at least 4 members (excludes halogenated alkanes) is 2. The SMILES string of the molecule is CCCCCC(CC)COC(=O)C1CCC(C(=O)OCC(CC)CC)CC1. The second kappa shape index (κ2) is 14.0. The van der Waals surface area contributed by atoms with Crippen LogP contribution in [0.25, 0.3) is 0 Å². The monoisotopic (exact) mass is 382 g/mol. The lowest BCUT2D eigenvalue weighted by atomic mass is 9.82. The highest BCUT2D eigenvalue weighted by Crippen LogP contribution is 2.31. The molecule has 0 radical (unpaired) electrons. The summed E-state index contributed by atoms with van der Waals surface area (Å²) in [5, 5.41) is 0. The third-order valence-electron chi connectivity index (χ3n) is 6.26. The summed E-state index contributed by atoms with van der Waals surface area (Å²) in [4.78, 5) is 24.6. The fourth-order valence-electron chi connectivity index (χ4n) is 3.81. The molecule has 0 aromatic rings. The maximum atomic E-state index is 12.4. The Morgan fingerprint density at radius 1 is 0.741 bits per heavy atom. The molecule has 1 aliphatic rings. The van der Waals surface area contributed by atoms with Gasteiger partial charge in [0.1, 0.15) is 0 Å². The van der Waals surface area contributed by atoms with Gasteiger partial charge in [-0.15, -0.1) is 0 Å². The number of hydrogen-bond donors (Lipinski definition) is 0. The highest BCUT2D eigenvalue weighted by Gasteiger charge is 2.32. The van der Waals surface area contributed by atoms with E-state index in [1.807, 2.05) is 0 Å². The van der Waals surface area contributed by atoms with Crippen LogP contribution in [0.5, 0.6) is 0 Å². The molecular weight excluding hydrogens is 340 g/mol. The number of ether oxygens (including phenoxy) is 2. The smallest absolute Gasteiger partial charge is 0.308 e. The zero-order valence-electron chi connectivity index (χ0n) is 18.1. The van der Waals surface area contributed by atoms with Gasteiger partial charge in [0.2, 0.25) is 0 Å². The Bertz CT molecular complexity index is 409. The Morgan fingerprint density at radius 2 is 1.19 bits per heavy atom. The zero-order valence-corrected chi connectivity index (χ0v) is 18.1. The summed E-state index contributed by atoms with van der Waals surface area (Å²) in [7, 11) is 0. The number of rotatable bonds is 13. The molecule has 0 spiro atoms. The van der Waals surface area contributed by atoms with Gasteiger partial charge in [-0.05, 0) is 43.9 Å². The minimum Gasteiger partial charge on any atom is -0.465 e. The van der Waals surface area contributed by atoms with Crippen molar-refractivity contribution in [2.24, 2.45) is 23.7 Å². The first-order valence-corrected chi connectivity index (χ1v) is 11.4. The first-order chi connectivity index (χ1) is 13.0. The first kappa shape index (κ1) is 24.0. The van der Waals surface area contributed by atoms with E-state index in [1.54, 1.807) is 0 Å². The Morgan fingerprint density at radius 3 is 1.59 bits per heavy atom. The fraction of sp³-hybridized carbons (Fsp3) is 0.913. The predicted molar refractivity (Wildman–Crippen MR) is 109 cm³/mol. The van der Waals surface area contributed by atoms with Gasteiger partial charge in [0.15, 0.2) is 0 Å². The number of hydrogen-bond acceptors (Lipinski definition) is 4. The summed E-state index contributed by atoms with van der Waals surface area (Å²) in [6, 6.07) is 0. The molecule has 1 rings (SSSR count). The molecule has 1 fully saturated rings. The molecule has 0 aromatic heterocycles. The molecule has 158 valence electrons. The Hall–Kier alpha value is -1.06. The molecule has 4 heteroatoms. The van der Waals surface area contributed by atoms with Gasteiger partial charge in [0.25, 0.3) is 0 Å². The van der Waals surface area contributed by atoms with Gasteiger partial charge >= 0.3 is 11.9 Å². The van der Waals surface area contributed by atoms with Gasteiger partial charge in [0.05, 0.1) is 25.0 Å². The van der Waals surface area contributed by atoms with Crippen LogP contribution in [0, 0.1) is 23.7 Å². The number of carbonyl (C=O) groups excluding carboxylic acids is 2. The van der Waals surface area contributed by atoms with E-state index >= 15 is 0 Å². The van der Waals surface area contributed by atoms with E-state index in [0.29, 0.717) is 25.0 Å². The molecule has 4 nitrogen and oxygen atoms in total. The average molecular weight is 383 g/mol. The standard InChI is InChI=1S/C23H42O4/c1-5-9-10-11-19(8-4)17-27-23(25)21-14-12-20(13-15-21)22(24)26-16-18(6-2)7-3/h18-21H,5-17H2,1-4H3. The summed E-state index contributed by atoms with van der Waals surface area (Å²) in [5.74, 6) is 0.728. The highest BCUT2D eigenvalue weighted by atomic mass is 16.5. The quantitative estimate of drug-likeness (QED) is 0.293. The van der Waals surface area contributed by atoms with Crippen molar-refractivity contribution in [3.8, 4) is 0 Å². The maximum absolute atomic E-state index is 12.4. The fourth-order valence-corrected chi connectivity index (χ4v) is 3.81. The van der Waals surface area contributed by atoms with Gasteiger partial charge in [-0.1, -0.05) is 66.2 Å². The molecule has 0 N–H and O–H groups in total. The average Bonchev–Trinajstić information content (AvgIpc) is 2.71. The van der Waals surface area contributed by atoms with Crippen LogP contribution in [0.2, 0.25) is 0 Å². The number of carbonyl (C=O) groups is 2. The Balaban J connectivity index is 2.28. The van der Waals surface area contributed by atoms with Crippen LogP contribution in [-0.4, -0.2) is 25.2 Å². The van der Waals surface area contributed by atoms with Crippen molar-refractivity contribution >= 4 is 11.9 Å². The van der Waals surface area contributed by atoms with Crippen molar-refractivity contribution in [3.63, 3.8) is 0 Å². The minimum absolute atomic E-state index is 0.0405. The molecule has 1 aliphatic carbocycles. The van der Waals surface area contributed by atoms with Crippen LogP contribution in [0.1, 0.15) is 98.3 Å². The molecule has 0 aromatic carbocycles. The van der Waals surface area contributed by atoms with Crippen molar-refractivity contribution < 1.29 is 19.1 Å². The second-order valence-corrected chi connectivity index (χ2v) is 8.26. The lowest BCUT2D eigenvalue weighted by Crippen LogP contribution is -2.29. The van der Waals surface area contributed by atoms with Crippen LogP contribution < -0.4 is 0 Å². The van der Waals surface area contributed by atoms with Gasteiger partial charge in [0, 0.05) is 0 Å². The highest BCUT2D eigenvalue weighted by molar-refractivity contribution is 5.75. The van der Waals surface area contributed by atoms with Gasteiger partial charge in [-0.2, -0.15) is 0 Å². The normalized spacial score (nSPS) is 21.1. The third kappa shape index (κ3) is 9.12. The van der Waals surface area contributed by atoms with Crippen LogP contribution in [-0.2, 0) is 19.1 Å². The molecular formula is C23H42O4. The summed E-state index contributed by atoms with van der Waals surface area (Å²) < 4.78 is 11.1. The van der Waals surface area contributed by atoms with E-state index in [-0.39, 0.29) is 23.8 Å². The third-order valence-corrected chi connectivity index (χ3v) is 6.26. The summed E-state index contributed by atoms with van der Waals surface area (Å²) >= 11 is 0. The Labute approximate surface area is 166 Å². The van der Waals surface area contributed by atoms with Crippen molar-refractivity contribution in [3.05, 3.63) is 0 Å². The van der Waals surface area contributed by atoms with E-state index in [1.165, 1.54) is 19.3 Å². The van der Waals surface area contributed by atoms with Crippen LogP contribution >= 0.6 is 0 Å². The van der Waals surface area contributed by atoms with Crippen LogP contribution in [0.4, 0.5) is 0 Å². The molecule has 27 heavy (non-hydrogen) atoms. The van der Waals surface area contributed by atoms with E-state index in [4.69, 9.17) is 9.47 Å². The molecule has 0 aliphatic heterocycles. The van der Waals surface area contributed by atoms with Crippen molar-refractivity contribution in [1.82, 2.24) is 0 Å². The topological polar surface area (TPSA) is 52.6 Å². The van der Waals surface area contributed by atoms with Crippen molar-refractivity contribution in [2.75, 3.05) is 13.2 Å². The van der Waals surface area contributed by atoms with Gasteiger partial charge < -0.3 is 9.47 Å². The van der Waals surface area contributed by atoms with E-state index in [9.17, 15) is 9.59 Å². The molecule has 1 saturated carbocycles. The van der Waals surface area contributed by atoms with Crippen molar-refractivity contribution in [1.29, 1.82) is 0 Å². The molecule has 0 amide bonds. The second-order valence-electron chi connectivity index (χ2n) is 8.26. The summed E-state index contributed by atoms with van der Waals surface area (Å²) in [5.41, 5.74) is 0. The van der Waals surface area contributed by atoms with Gasteiger partial charge in [-0.3, -0.25) is 9.59 Å². The minimum atomic E-state index is -0.0734. The summed E-state index contributed by atoms with van der Waals surface area (Å²) in [6.45, 7) is 9.72. The zero-order chi connectivity index (χ0) is 20.1. The van der Waals surface area contributed by atoms with E-state index in [2.05, 4.69) is 27.7 Å². The predicted octanol–water partition coefficient (Wildman–Crippen LogP) is 5.92. The molecule has 0 saturated heterocycles. The van der Waals surface area contributed by atoms with E-state index < -0.39 is 0 Å². The van der Waals surface area contributed by atoms with E-state index in [0.717, 1.165) is 51.4 Å². The first-order valence-electron chi connectivity index (χ1n) is 11.4. The number of esters is 2. The van der Waals surface area contributed by atoms with Gasteiger partial charge in [-0.25, -0.2) is 0 Å².